The van der Waals surface area contributed by atoms with Gasteiger partial charge in [0.2, 0.25) is 10.0 Å². The zero-order chi connectivity index (χ0) is 22.6. The third-order valence-corrected chi connectivity index (χ3v) is 6.23. The van der Waals surface area contributed by atoms with Gasteiger partial charge >= 0.3 is 0 Å². The highest BCUT2D eigenvalue weighted by molar-refractivity contribution is 7.92. The van der Waals surface area contributed by atoms with E-state index in [1.54, 1.807) is 19.2 Å². The minimum absolute atomic E-state index is 0.0369. The predicted molar refractivity (Wildman–Crippen MR) is 114 cm³/mol. The van der Waals surface area contributed by atoms with Crippen molar-refractivity contribution in [2.75, 3.05) is 17.1 Å². The molecule has 10 heteroatoms. The first-order valence-corrected chi connectivity index (χ1v) is 11.5. The molecule has 0 unspecified atom stereocenters. The highest BCUT2D eigenvalue weighted by Gasteiger charge is 2.23. The number of aromatic amines is 1. The normalized spacial score (nSPS) is 11.7. The maximum absolute atomic E-state index is 14.8. The second-order valence-electron chi connectivity index (χ2n) is 7.19. The molecule has 0 aliphatic rings. The summed E-state index contributed by atoms with van der Waals surface area (Å²) in [4.78, 5) is 19.9. The van der Waals surface area contributed by atoms with Crippen LogP contribution in [0.25, 0.3) is 11.0 Å². The van der Waals surface area contributed by atoms with E-state index in [-0.39, 0.29) is 18.8 Å². The largest absolute Gasteiger partial charge is 0.396 e. The van der Waals surface area contributed by atoms with Gasteiger partial charge in [-0.2, -0.15) is 0 Å². The minimum atomic E-state index is -3.81. The summed E-state index contributed by atoms with van der Waals surface area (Å²) in [5.74, 6) is -3.38. The molecule has 1 aromatic carbocycles. The summed E-state index contributed by atoms with van der Waals surface area (Å²) in [6, 6.07) is 3.53. The van der Waals surface area contributed by atoms with Crippen LogP contribution in [0.4, 0.5) is 14.5 Å². The Bertz CT molecular complexity index is 1210. The van der Waals surface area contributed by atoms with Crippen LogP contribution in [-0.4, -0.2) is 41.6 Å². The molecule has 166 valence electrons. The number of benzene rings is 1. The number of aromatic nitrogens is 2. The lowest BCUT2D eigenvalue weighted by atomic mass is 10.0. The van der Waals surface area contributed by atoms with Crippen LogP contribution < -0.4 is 4.72 Å². The number of hydrogen-bond acceptors (Lipinski definition) is 5. The molecule has 0 saturated heterocycles. The van der Waals surface area contributed by atoms with Gasteiger partial charge in [-0.25, -0.2) is 22.2 Å². The van der Waals surface area contributed by atoms with Gasteiger partial charge in [0, 0.05) is 30.8 Å². The molecule has 0 fully saturated rings. The fourth-order valence-corrected chi connectivity index (χ4v) is 4.45. The van der Waals surface area contributed by atoms with Gasteiger partial charge < -0.3 is 10.1 Å². The van der Waals surface area contributed by atoms with Gasteiger partial charge in [-0.05, 0) is 48.6 Å². The zero-order valence-corrected chi connectivity index (χ0v) is 17.7. The van der Waals surface area contributed by atoms with Crippen LogP contribution >= 0.6 is 0 Å². The molecule has 0 bridgehead atoms. The number of aryl methyl sites for hydroxylation is 1. The topological polar surface area (TPSA) is 112 Å². The molecule has 3 N–H and O–H groups in total. The van der Waals surface area contributed by atoms with Crippen molar-refractivity contribution in [1.29, 1.82) is 0 Å². The Kier molecular flexibility index (Phi) is 7.01. The molecule has 2 aromatic heterocycles. The van der Waals surface area contributed by atoms with Crippen molar-refractivity contribution >= 4 is 32.5 Å². The van der Waals surface area contributed by atoms with Gasteiger partial charge in [-0.3, -0.25) is 9.52 Å². The van der Waals surface area contributed by atoms with E-state index in [1.807, 2.05) is 0 Å². The maximum atomic E-state index is 14.8. The quantitative estimate of drug-likeness (QED) is 0.409. The monoisotopic (exact) mass is 451 g/mol. The summed E-state index contributed by atoms with van der Waals surface area (Å²) in [5.41, 5.74) is 0.706. The van der Waals surface area contributed by atoms with E-state index in [1.165, 1.54) is 6.20 Å². The lowest BCUT2D eigenvalue weighted by Gasteiger charge is -2.11. The number of nitrogens with one attached hydrogen (secondary N) is 2. The number of carbonyl (C=O) groups excluding carboxylic acids is 1. The van der Waals surface area contributed by atoms with E-state index in [0.717, 1.165) is 23.1 Å². The smallest absolute Gasteiger partial charge is 0.232 e. The van der Waals surface area contributed by atoms with E-state index in [0.29, 0.717) is 30.5 Å². The van der Waals surface area contributed by atoms with Gasteiger partial charge in [0.1, 0.15) is 11.5 Å². The average Bonchev–Trinajstić information content (AvgIpc) is 3.11. The fraction of sp³-hybridized carbons (Fsp3) is 0.333. The lowest BCUT2D eigenvalue weighted by Crippen LogP contribution is -2.19. The SMILES string of the molecule is CCCS(=O)(=O)Nc1ccc(F)c(C(=O)Cc2cnc3[nH]cc(CCCO)c3c2)c1F. The highest BCUT2D eigenvalue weighted by Crippen LogP contribution is 2.25. The molecule has 0 radical (unpaired) electrons. The van der Waals surface area contributed by atoms with Crippen LogP contribution in [0, 0.1) is 11.6 Å². The number of pyridine rings is 1. The molecule has 3 rings (SSSR count). The summed E-state index contributed by atoms with van der Waals surface area (Å²) in [7, 11) is -3.81. The van der Waals surface area contributed by atoms with Crippen molar-refractivity contribution in [3.63, 3.8) is 0 Å². The number of H-pyrrole nitrogens is 1. The Morgan fingerprint density at radius 1 is 1.29 bits per heavy atom. The van der Waals surface area contributed by atoms with Gasteiger partial charge in [-0.1, -0.05) is 6.92 Å². The van der Waals surface area contributed by atoms with Crippen LogP contribution in [0.3, 0.4) is 0 Å². The summed E-state index contributed by atoms with van der Waals surface area (Å²) >= 11 is 0. The molecule has 0 aliphatic heterocycles. The number of nitrogens with zero attached hydrogens (tertiary/aromatic N) is 1. The number of fused-ring (bicyclic) bond motifs is 1. The van der Waals surface area contributed by atoms with E-state index < -0.39 is 38.7 Å². The van der Waals surface area contributed by atoms with Gasteiger partial charge in [0.25, 0.3) is 0 Å². The van der Waals surface area contributed by atoms with E-state index in [9.17, 15) is 22.0 Å². The number of carbonyl (C=O) groups is 1. The van der Waals surface area contributed by atoms with Crippen molar-refractivity contribution in [1.82, 2.24) is 9.97 Å². The third-order valence-electron chi connectivity index (χ3n) is 4.75. The van der Waals surface area contributed by atoms with Gasteiger partial charge in [0.15, 0.2) is 11.6 Å². The van der Waals surface area contributed by atoms with Crippen molar-refractivity contribution < 1.29 is 27.1 Å². The molecule has 0 spiro atoms. The molecule has 31 heavy (non-hydrogen) atoms. The van der Waals surface area contributed by atoms with Crippen molar-refractivity contribution in [3.05, 3.63) is 58.9 Å². The highest BCUT2D eigenvalue weighted by atomic mass is 32.2. The molecular weight excluding hydrogens is 428 g/mol. The Hall–Kier alpha value is -2.85. The molecular formula is C21H23F2N3O4S. The number of rotatable bonds is 10. The first-order valence-electron chi connectivity index (χ1n) is 9.83. The summed E-state index contributed by atoms with van der Waals surface area (Å²) in [6.45, 7) is 1.69. The number of Topliss-reactive ketones (excluding diaryl/α,β-unsaturated/α-hetero) is 1. The second kappa shape index (κ2) is 9.52. The van der Waals surface area contributed by atoms with Crippen LogP contribution in [0.15, 0.2) is 30.6 Å². The summed E-state index contributed by atoms with van der Waals surface area (Å²) < 4.78 is 55.0. The molecule has 0 aliphatic carbocycles. The molecule has 0 atom stereocenters. The summed E-state index contributed by atoms with van der Waals surface area (Å²) in [6.07, 6.45) is 4.39. The standard InChI is InChI=1S/C21H23F2N3O4S/c1-2-8-31(29,30)26-17-6-5-16(22)19(20(17)23)18(28)10-13-9-15-14(4-3-7-27)12-25-21(15)24-11-13/h5-6,9,11-12,26-27H,2-4,7-8,10H2,1H3,(H,24,25). The van der Waals surface area contributed by atoms with E-state index >= 15 is 0 Å². The van der Waals surface area contributed by atoms with Gasteiger partial charge in [0.05, 0.1) is 17.0 Å². The van der Waals surface area contributed by atoms with Gasteiger partial charge in [-0.15, -0.1) is 0 Å². The lowest BCUT2D eigenvalue weighted by molar-refractivity contribution is 0.0985. The van der Waals surface area contributed by atoms with Crippen molar-refractivity contribution in [2.24, 2.45) is 0 Å². The molecule has 3 aromatic rings. The maximum Gasteiger partial charge on any atom is 0.232 e. The van der Waals surface area contributed by atoms with Crippen LogP contribution in [0.5, 0.6) is 0 Å². The van der Waals surface area contributed by atoms with Crippen molar-refractivity contribution in [3.8, 4) is 0 Å². The first kappa shape index (κ1) is 22.8. The fourth-order valence-electron chi connectivity index (χ4n) is 3.32. The Morgan fingerprint density at radius 2 is 2.06 bits per heavy atom. The molecule has 7 nitrogen and oxygen atoms in total. The molecule has 2 heterocycles. The zero-order valence-electron chi connectivity index (χ0n) is 16.9. The first-order chi connectivity index (χ1) is 14.8. The Morgan fingerprint density at radius 3 is 2.77 bits per heavy atom. The average molecular weight is 451 g/mol. The van der Waals surface area contributed by atoms with Crippen LogP contribution in [0.1, 0.15) is 41.3 Å². The number of sulfonamides is 1. The summed E-state index contributed by atoms with van der Waals surface area (Å²) in [5, 5.41) is 9.79. The number of aliphatic hydroxyl groups excluding tert-OH is 1. The Labute approximate surface area is 178 Å². The predicted octanol–water partition coefficient (Wildman–Crippen LogP) is 3.34. The van der Waals surface area contributed by atoms with Crippen molar-refractivity contribution in [2.45, 2.75) is 32.6 Å². The molecule has 0 saturated carbocycles. The number of halogens is 2. The van der Waals surface area contributed by atoms with E-state index in [2.05, 4.69) is 14.7 Å². The molecule has 0 amide bonds. The van der Waals surface area contributed by atoms with E-state index in [4.69, 9.17) is 5.11 Å². The number of aliphatic hydroxyl groups is 1. The Balaban J connectivity index is 1.88. The third kappa shape index (κ3) is 5.26. The van der Waals surface area contributed by atoms with Crippen LogP contribution in [0.2, 0.25) is 0 Å². The number of ketones is 1. The number of anilines is 1. The minimum Gasteiger partial charge on any atom is -0.396 e. The second-order valence-corrected chi connectivity index (χ2v) is 9.03. The number of hydrogen-bond donors (Lipinski definition) is 3. The van der Waals surface area contributed by atoms with Crippen LogP contribution in [-0.2, 0) is 22.9 Å².